The molecule has 2 aliphatic rings. The average Bonchev–Trinajstić information content (AvgIpc) is 2.85. The monoisotopic (exact) mass is 478 g/mol. The van der Waals surface area contributed by atoms with Gasteiger partial charge in [0.2, 0.25) is 0 Å². The molecular formula is C24H30O10. The Morgan fingerprint density at radius 3 is 1.68 bits per heavy atom. The molecule has 0 spiro atoms. The molecule has 0 aromatic heterocycles. The van der Waals surface area contributed by atoms with Crippen LogP contribution in [0.25, 0.3) is 0 Å². The summed E-state index contributed by atoms with van der Waals surface area (Å²) in [5.41, 5.74) is 2.02. The second kappa shape index (κ2) is 11.6. The fourth-order valence-corrected chi connectivity index (χ4v) is 3.83. The highest BCUT2D eigenvalue weighted by molar-refractivity contribution is 5.48. The van der Waals surface area contributed by atoms with Gasteiger partial charge < -0.3 is 50.3 Å². The van der Waals surface area contributed by atoms with Crippen molar-refractivity contribution in [1.29, 1.82) is 0 Å². The molecule has 2 heterocycles. The molecule has 3 rings (SSSR count). The number of hydrogen-bond donors (Lipinski definition) is 8. The van der Waals surface area contributed by atoms with Crippen LogP contribution in [0.15, 0.2) is 18.2 Å². The molecule has 0 bridgehead atoms. The lowest BCUT2D eigenvalue weighted by Gasteiger charge is -2.37. The SMILES string of the molecule is CCc1cc(C#CC2OC(CO)C(O)C(O)C2O)ccc1C#CC1OC(CO)C(O)C(O)C1O. The zero-order valence-electron chi connectivity index (χ0n) is 18.5. The number of aliphatic hydroxyl groups excluding tert-OH is 8. The minimum atomic E-state index is -1.50. The van der Waals surface area contributed by atoms with Gasteiger partial charge in [-0.05, 0) is 30.2 Å². The summed E-state index contributed by atoms with van der Waals surface area (Å²) in [5.74, 6) is 11.2. The van der Waals surface area contributed by atoms with Crippen molar-refractivity contribution in [3.63, 3.8) is 0 Å². The molecule has 0 amide bonds. The molecule has 2 fully saturated rings. The van der Waals surface area contributed by atoms with Crippen LogP contribution in [-0.4, -0.2) is 115 Å². The highest BCUT2D eigenvalue weighted by Gasteiger charge is 2.43. The highest BCUT2D eigenvalue weighted by atomic mass is 16.5. The molecule has 10 heteroatoms. The Labute approximate surface area is 197 Å². The van der Waals surface area contributed by atoms with Crippen LogP contribution in [0.4, 0.5) is 0 Å². The molecule has 2 aliphatic heterocycles. The predicted molar refractivity (Wildman–Crippen MR) is 117 cm³/mol. The topological polar surface area (TPSA) is 180 Å². The number of aryl methyl sites for hydroxylation is 1. The highest BCUT2D eigenvalue weighted by Crippen LogP contribution is 2.22. The second-order valence-electron chi connectivity index (χ2n) is 8.26. The van der Waals surface area contributed by atoms with Crippen LogP contribution in [-0.2, 0) is 15.9 Å². The maximum absolute atomic E-state index is 10.1. The Morgan fingerprint density at radius 1 is 0.706 bits per heavy atom. The molecule has 10 atom stereocenters. The van der Waals surface area contributed by atoms with Crippen molar-refractivity contribution >= 4 is 0 Å². The molecular weight excluding hydrogens is 448 g/mol. The molecule has 10 nitrogen and oxygen atoms in total. The van der Waals surface area contributed by atoms with Crippen molar-refractivity contribution in [1.82, 2.24) is 0 Å². The van der Waals surface area contributed by atoms with Gasteiger partial charge in [-0.3, -0.25) is 0 Å². The number of rotatable bonds is 3. The molecule has 0 radical (unpaired) electrons. The van der Waals surface area contributed by atoms with Crippen molar-refractivity contribution in [2.75, 3.05) is 13.2 Å². The maximum atomic E-state index is 10.1. The van der Waals surface area contributed by atoms with Crippen molar-refractivity contribution < 1.29 is 50.3 Å². The summed E-state index contributed by atoms with van der Waals surface area (Å²) in [4.78, 5) is 0. The molecule has 0 saturated carbocycles. The van der Waals surface area contributed by atoms with E-state index in [9.17, 15) is 40.9 Å². The summed E-state index contributed by atoms with van der Waals surface area (Å²) in [5, 5.41) is 78.3. The Hall–Kier alpha value is -2.06. The molecule has 2 saturated heterocycles. The van der Waals surface area contributed by atoms with E-state index in [1.165, 1.54) is 0 Å². The Balaban J connectivity index is 1.78. The van der Waals surface area contributed by atoms with Gasteiger partial charge in [0.15, 0.2) is 0 Å². The van der Waals surface area contributed by atoms with Gasteiger partial charge in [-0.2, -0.15) is 0 Å². The van der Waals surface area contributed by atoms with E-state index in [2.05, 4.69) is 23.7 Å². The first kappa shape index (κ1) is 26.5. The molecule has 10 unspecified atom stereocenters. The first-order valence-electron chi connectivity index (χ1n) is 11.0. The average molecular weight is 478 g/mol. The third-order valence-electron chi connectivity index (χ3n) is 5.98. The van der Waals surface area contributed by atoms with Gasteiger partial charge in [0.05, 0.1) is 13.2 Å². The van der Waals surface area contributed by atoms with Crippen LogP contribution in [0, 0.1) is 23.7 Å². The van der Waals surface area contributed by atoms with Crippen LogP contribution in [0.2, 0.25) is 0 Å². The summed E-state index contributed by atoms with van der Waals surface area (Å²) in [6.45, 7) is 0.833. The van der Waals surface area contributed by atoms with Gasteiger partial charge in [-0.15, -0.1) is 0 Å². The summed E-state index contributed by atoms with van der Waals surface area (Å²) >= 11 is 0. The van der Waals surface area contributed by atoms with Gasteiger partial charge in [0.1, 0.15) is 61.0 Å². The van der Waals surface area contributed by atoms with Gasteiger partial charge in [-0.25, -0.2) is 0 Å². The van der Waals surface area contributed by atoms with E-state index in [1.54, 1.807) is 18.2 Å². The van der Waals surface area contributed by atoms with Gasteiger partial charge >= 0.3 is 0 Å². The smallest absolute Gasteiger partial charge is 0.147 e. The van der Waals surface area contributed by atoms with E-state index in [0.29, 0.717) is 17.5 Å². The van der Waals surface area contributed by atoms with E-state index in [0.717, 1.165) is 5.56 Å². The Morgan fingerprint density at radius 2 is 1.21 bits per heavy atom. The largest absolute Gasteiger partial charge is 0.394 e. The molecule has 34 heavy (non-hydrogen) atoms. The van der Waals surface area contributed by atoms with Crippen molar-refractivity contribution in [2.45, 2.75) is 74.4 Å². The number of ether oxygens (including phenoxy) is 2. The third kappa shape index (κ3) is 5.60. The first-order valence-corrected chi connectivity index (χ1v) is 11.0. The molecule has 186 valence electrons. The Bertz CT molecular complexity index is 956. The van der Waals surface area contributed by atoms with Crippen molar-refractivity contribution in [3.05, 3.63) is 34.9 Å². The second-order valence-corrected chi connectivity index (χ2v) is 8.26. The van der Waals surface area contributed by atoms with Crippen LogP contribution < -0.4 is 0 Å². The summed E-state index contributed by atoms with van der Waals surface area (Å²) in [6, 6.07) is 5.15. The van der Waals surface area contributed by atoms with E-state index < -0.39 is 74.3 Å². The van der Waals surface area contributed by atoms with Crippen molar-refractivity contribution in [3.8, 4) is 23.7 Å². The first-order chi connectivity index (χ1) is 16.2. The zero-order valence-corrected chi connectivity index (χ0v) is 18.5. The summed E-state index contributed by atoms with van der Waals surface area (Å²) in [7, 11) is 0. The minimum absolute atomic E-state index is 0.537. The number of hydrogen-bond acceptors (Lipinski definition) is 10. The zero-order chi connectivity index (χ0) is 25.0. The van der Waals surface area contributed by atoms with Gasteiger partial charge in [-0.1, -0.05) is 30.6 Å². The van der Waals surface area contributed by atoms with Crippen LogP contribution in [0.1, 0.15) is 23.6 Å². The quantitative estimate of drug-likeness (QED) is 0.204. The normalized spacial score (nSPS) is 37.8. The molecule has 1 aromatic carbocycles. The molecule has 1 aromatic rings. The lowest BCUT2D eigenvalue weighted by molar-refractivity contribution is -0.214. The lowest BCUT2D eigenvalue weighted by Crippen LogP contribution is -2.58. The Kier molecular flexibility index (Phi) is 9.04. The maximum Gasteiger partial charge on any atom is 0.147 e. The van der Waals surface area contributed by atoms with Crippen molar-refractivity contribution in [2.24, 2.45) is 0 Å². The number of benzene rings is 1. The number of aliphatic hydroxyl groups is 8. The third-order valence-corrected chi connectivity index (χ3v) is 5.98. The standard InChI is InChI=1S/C24H30O10/c1-2-13-9-12(4-7-15-19(27)23(31)21(29)17(10-25)33-15)3-5-14(13)6-8-16-20(28)24(32)22(30)18(11-26)34-16/h3,5,9,15-32H,2,10-11H2,1H3. The summed E-state index contributed by atoms with van der Waals surface area (Å²) in [6.07, 6.45) is -12.5. The van der Waals surface area contributed by atoms with E-state index >= 15 is 0 Å². The van der Waals surface area contributed by atoms with Crippen LogP contribution >= 0.6 is 0 Å². The van der Waals surface area contributed by atoms with E-state index in [1.807, 2.05) is 6.92 Å². The van der Waals surface area contributed by atoms with Crippen LogP contribution in [0.5, 0.6) is 0 Å². The van der Waals surface area contributed by atoms with E-state index in [4.69, 9.17) is 9.47 Å². The molecule has 8 N–H and O–H groups in total. The van der Waals surface area contributed by atoms with Gasteiger partial charge in [0.25, 0.3) is 0 Å². The predicted octanol–water partition coefficient (Wildman–Crippen LogP) is -3.36. The fraction of sp³-hybridized carbons (Fsp3) is 0.583. The van der Waals surface area contributed by atoms with Gasteiger partial charge in [0, 0.05) is 11.1 Å². The summed E-state index contributed by atoms with van der Waals surface area (Å²) < 4.78 is 10.8. The lowest BCUT2D eigenvalue weighted by atomic mass is 9.94. The minimum Gasteiger partial charge on any atom is -0.394 e. The van der Waals surface area contributed by atoms with E-state index in [-0.39, 0.29) is 0 Å². The van der Waals surface area contributed by atoms with Crippen LogP contribution in [0.3, 0.4) is 0 Å². The molecule has 0 aliphatic carbocycles. The fourth-order valence-electron chi connectivity index (χ4n) is 3.83.